The third-order valence-corrected chi connectivity index (χ3v) is 6.62. The number of H-pyrrole nitrogens is 1. The number of aromatic nitrogens is 2. The van der Waals surface area contributed by atoms with Crippen LogP contribution in [0.4, 0.5) is 0 Å². The summed E-state index contributed by atoms with van der Waals surface area (Å²) in [6, 6.07) is 9.65. The summed E-state index contributed by atoms with van der Waals surface area (Å²) in [5, 5.41) is 3.45. The maximum absolute atomic E-state index is 12.4. The van der Waals surface area contributed by atoms with Gasteiger partial charge in [0.25, 0.3) is 5.56 Å². The molecule has 5 nitrogen and oxygen atoms in total. The molecular formula is C19H14ClN3O2S2. The van der Waals surface area contributed by atoms with Crippen molar-refractivity contribution in [3.8, 4) is 0 Å². The van der Waals surface area contributed by atoms with Crippen molar-refractivity contribution in [3.05, 3.63) is 67.9 Å². The van der Waals surface area contributed by atoms with Crippen molar-refractivity contribution in [1.29, 1.82) is 0 Å². The van der Waals surface area contributed by atoms with Gasteiger partial charge in [-0.15, -0.1) is 22.7 Å². The highest BCUT2D eigenvalue weighted by Gasteiger charge is 2.12. The van der Waals surface area contributed by atoms with E-state index in [2.05, 4.69) is 9.97 Å². The summed E-state index contributed by atoms with van der Waals surface area (Å²) in [4.78, 5) is 33.9. The summed E-state index contributed by atoms with van der Waals surface area (Å²) in [5.41, 5.74) is 0.464. The lowest BCUT2D eigenvalue weighted by molar-refractivity contribution is -0.125. The average Bonchev–Trinajstić information content (AvgIpc) is 3.25. The Kier molecular flexibility index (Phi) is 4.82. The number of hydrogen-bond acceptors (Lipinski definition) is 5. The molecule has 0 saturated heterocycles. The molecule has 3 aromatic heterocycles. The van der Waals surface area contributed by atoms with Gasteiger partial charge >= 0.3 is 0 Å². The molecule has 27 heavy (non-hydrogen) atoms. The van der Waals surface area contributed by atoms with Crippen molar-refractivity contribution < 1.29 is 4.79 Å². The van der Waals surface area contributed by atoms with Gasteiger partial charge in [-0.2, -0.15) is 0 Å². The van der Waals surface area contributed by atoms with Gasteiger partial charge in [0.15, 0.2) is 0 Å². The molecular weight excluding hydrogens is 402 g/mol. The number of hydrogen-bond donors (Lipinski definition) is 1. The molecule has 0 aliphatic rings. The van der Waals surface area contributed by atoms with Crippen molar-refractivity contribution in [2.75, 3.05) is 7.05 Å². The van der Waals surface area contributed by atoms with Crippen LogP contribution < -0.4 is 5.56 Å². The van der Waals surface area contributed by atoms with E-state index in [1.54, 1.807) is 19.2 Å². The molecule has 0 aliphatic carbocycles. The zero-order valence-corrected chi connectivity index (χ0v) is 16.6. The number of rotatable bonds is 4. The van der Waals surface area contributed by atoms with Crippen LogP contribution in [0.15, 0.2) is 46.6 Å². The Balaban J connectivity index is 1.52. The van der Waals surface area contributed by atoms with Gasteiger partial charge in [0, 0.05) is 28.1 Å². The zero-order valence-electron chi connectivity index (χ0n) is 14.2. The van der Waals surface area contributed by atoms with Crippen LogP contribution in [0.5, 0.6) is 0 Å². The molecule has 136 valence electrons. The number of aromatic amines is 1. The van der Waals surface area contributed by atoms with Crippen LogP contribution in [-0.4, -0.2) is 27.8 Å². The summed E-state index contributed by atoms with van der Waals surface area (Å²) in [5.74, 6) is 0.256. The second kappa shape index (κ2) is 7.26. The first-order valence-corrected chi connectivity index (χ1v) is 10.2. The van der Waals surface area contributed by atoms with E-state index in [9.17, 15) is 9.59 Å². The molecule has 0 bridgehead atoms. The summed E-state index contributed by atoms with van der Waals surface area (Å²) in [6.45, 7) is 0.213. The highest BCUT2D eigenvalue weighted by Crippen LogP contribution is 2.35. The normalized spacial score (nSPS) is 11.6. The number of carbonyl (C=O) groups is 1. The summed E-state index contributed by atoms with van der Waals surface area (Å²) < 4.78 is 1.67. The number of likely N-dealkylation sites (N-methyl/N-ethyl adjacent to an activating group) is 1. The summed E-state index contributed by atoms with van der Waals surface area (Å²) in [7, 11) is 1.66. The van der Waals surface area contributed by atoms with Gasteiger partial charge in [0.2, 0.25) is 5.91 Å². The minimum Gasteiger partial charge on any atom is -0.335 e. The second-order valence-electron chi connectivity index (χ2n) is 5.95. The Labute approximate surface area is 167 Å². The first kappa shape index (κ1) is 17.9. The molecule has 8 heteroatoms. The van der Waals surface area contributed by atoms with E-state index in [-0.39, 0.29) is 18.0 Å². The molecule has 0 aliphatic heterocycles. The monoisotopic (exact) mass is 415 g/mol. The van der Waals surface area contributed by atoms with Gasteiger partial charge < -0.3 is 9.88 Å². The number of nitrogens with zero attached hydrogens (tertiary/aromatic N) is 2. The molecule has 0 unspecified atom stereocenters. The molecule has 0 radical (unpaired) electrons. The van der Waals surface area contributed by atoms with Crippen LogP contribution in [0.1, 0.15) is 10.7 Å². The Morgan fingerprint density at radius 1 is 1.33 bits per heavy atom. The van der Waals surface area contributed by atoms with Gasteiger partial charge in [0.1, 0.15) is 10.5 Å². The van der Waals surface area contributed by atoms with E-state index in [1.807, 2.05) is 29.6 Å². The largest absolute Gasteiger partial charge is 0.335 e. The van der Waals surface area contributed by atoms with Crippen molar-refractivity contribution >= 4 is 66.6 Å². The molecule has 0 spiro atoms. The first-order chi connectivity index (χ1) is 13.0. The van der Waals surface area contributed by atoms with E-state index >= 15 is 0 Å². The highest BCUT2D eigenvalue weighted by atomic mass is 35.5. The lowest BCUT2D eigenvalue weighted by Crippen LogP contribution is -2.26. The number of nitrogens with one attached hydrogen (secondary N) is 1. The fraction of sp³-hybridized carbons (Fsp3) is 0.105. The predicted octanol–water partition coefficient (Wildman–Crippen LogP) is 4.52. The van der Waals surface area contributed by atoms with Gasteiger partial charge in [-0.25, -0.2) is 4.98 Å². The fourth-order valence-electron chi connectivity index (χ4n) is 2.71. The molecule has 0 atom stereocenters. The topological polar surface area (TPSA) is 66.1 Å². The van der Waals surface area contributed by atoms with Crippen LogP contribution in [0.2, 0.25) is 5.02 Å². The van der Waals surface area contributed by atoms with Crippen molar-refractivity contribution in [2.45, 2.75) is 6.54 Å². The van der Waals surface area contributed by atoms with E-state index in [0.717, 1.165) is 15.0 Å². The minimum absolute atomic E-state index is 0.182. The van der Waals surface area contributed by atoms with Crippen molar-refractivity contribution in [1.82, 2.24) is 14.9 Å². The number of carbonyl (C=O) groups excluding carboxylic acids is 1. The third-order valence-electron chi connectivity index (χ3n) is 4.06. The Morgan fingerprint density at radius 2 is 2.15 bits per heavy atom. The Hall–Kier alpha value is -2.48. The standard InChI is InChI=1S/C19H14ClN3O2S2/c1-23(10-15-21-12-8-9-26-18(12)19(25)22-15)16(24)7-6-14-17(20)11-4-2-3-5-13(11)27-14/h2-9H,10H2,1H3,(H,21,22,25)/b7-6+. The van der Waals surface area contributed by atoms with E-state index in [0.29, 0.717) is 21.1 Å². The van der Waals surface area contributed by atoms with Crippen LogP contribution in [0, 0.1) is 0 Å². The quantitative estimate of drug-likeness (QED) is 0.498. The number of amides is 1. The van der Waals surface area contributed by atoms with Crippen LogP contribution in [0.25, 0.3) is 26.4 Å². The number of thiophene rings is 2. The third kappa shape index (κ3) is 3.53. The molecule has 0 fully saturated rings. The molecule has 0 saturated carbocycles. The lowest BCUT2D eigenvalue weighted by Gasteiger charge is -2.14. The smallest absolute Gasteiger partial charge is 0.268 e. The van der Waals surface area contributed by atoms with Gasteiger partial charge in [0.05, 0.1) is 17.1 Å². The van der Waals surface area contributed by atoms with Gasteiger partial charge in [-0.1, -0.05) is 29.8 Å². The molecule has 1 aromatic carbocycles. The lowest BCUT2D eigenvalue weighted by atomic mass is 10.2. The predicted molar refractivity (Wildman–Crippen MR) is 113 cm³/mol. The van der Waals surface area contributed by atoms with Crippen LogP contribution >= 0.6 is 34.3 Å². The van der Waals surface area contributed by atoms with Gasteiger partial charge in [-0.05, 0) is 23.6 Å². The zero-order chi connectivity index (χ0) is 19.0. The van der Waals surface area contributed by atoms with Crippen molar-refractivity contribution in [2.24, 2.45) is 0 Å². The maximum atomic E-state index is 12.4. The summed E-state index contributed by atoms with van der Waals surface area (Å²) in [6.07, 6.45) is 3.21. The molecule has 3 heterocycles. The number of benzene rings is 1. The minimum atomic E-state index is -0.198. The average molecular weight is 416 g/mol. The van der Waals surface area contributed by atoms with Crippen LogP contribution in [-0.2, 0) is 11.3 Å². The molecule has 4 rings (SSSR count). The van der Waals surface area contributed by atoms with E-state index in [4.69, 9.17) is 11.6 Å². The van der Waals surface area contributed by atoms with Crippen molar-refractivity contribution in [3.63, 3.8) is 0 Å². The van der Waals surface area contributed by atoms with E-state index in [1.165, 1.54) is 33.6 Å². The fourth-order valence-corrected chi connectivity index (χ4v) is 4.84. The maximum Gasteiger partial charge on any atom is 0.268 e. The van der Waals surface area contributed by atoms with E-state index < -0.39 is 0 Å². The number of halogens is 1. The first-order valence-electron chi connectivity index (χ1n) is 8.09. The van der Waals surface area contributed by atoms with Crippen LogP contribution in [0.3, 0.4) is 0 Å². The Bertz CT molecular complexity index is 1240. The summed E-state index contributed by atoms with van der Waals surface area (Å²) >= 11 is 9.28. The second-order valence-corrected chi connectivity index (χ2v) is 8.33. The Morgan fingerprint density at radius 3 is 2.96 bits per heavy atom. The highest BCUT2D eigenvalue weighted by molar-refractivity contribution is 7.20. The van der Waals surface area contributed by atoms with Gasteiger partial charge in [-0.3, -0.25) is 9.59 Å². The SMILES string of the molecule is CN(Cc1nc2ccsc2c(=O)[nH]1)C(=O)/C=C/c1sc2ccccc2c1Cl. The molecule has 1 amide bonds. The number of fused-ring (bicyclic) bond motifs is 2. The molecule has 1 N–H and O–H groups in total. The molecule has 4 aromatic rings.